The third-order valence-corrected chi connectivity index (χ3v) is 11.3. The summed E-state index contributed by atoms with van der Waals surface area (Å²) in [4.78, 5) is 36.2. The summed E-state index contributed by atoms with van der Waals surface area (Å²) in [5, 5.41) is 13.3. The average Bonchev–Trinajstić information content (AvgIpc) is 3.35. The molecule has 3 heterocycles. The zero-order valence-corrected chi connectivity index (χ0v) is 21.7. The number of aliphatic hydroxyl groups is 1. The van der Waals surface area contributed by atoms with Crippen molar-refractivity contribution in [3.8, 4) is 0 Å². The van der Waals surface area contributed by atoms with E-state index in [0.29, 0.717) is 6.42 Å². The third-order valence-electron chi connectivity index (χ3n) is 6.83. The largest absolute Gasteiger partial charge is 0.414 e. The Morgan fingerprint density at radius 2 is 2.03 bits per heavy atom. The van der Waals surface area contributed by atoms with Gasteiger partial charge < -0.3 is 14.3 Å². The maximum Gasteiger partial charge on any atom is 0.280 e. The second-order valence-corrected chi connectivity index (χ2v) is 15.3. The van der Waals surface area contributed by atoms with Crippen LogP contribution in [-0.4, -0.2) is 57.7 Å². The number of aliphatic hydroxyl groups excluding tert-OH is 1. The van der Waals surface area contributed by atoms with Gasteiger partial charge in [-0.3, -0.25) is 24.5 Å². The van der Waals surface area contributed by atoms with E-state index in [1.807, 2.05) is 30.3 Å². The summed E-state index contributed by atoms with van der Waals surface area (Å²) >= 11 is 0. The number of hydrogen-bond acceptors (Lipinski definition) is 7. The summed E-state index contributed by atoms with van der Waals surface area (Å²) in [6.07, 6.45) is 0.131. The number of fused-ring (bicyclic) bond motifs is 1. The number of benzene rings is 1. The second kappa shape index (κ2) is 9.65. The average molecular weight is 500 g/mol. The molecular formula is C24H33N5O5Si. The zero-order valence-electron chi connectivity index (χ0n) is 20.7. The molecule has 3 atom stereocenters. The molecule has 1 aromatic carbocycles. The molecule has 11 heteroatoms. The first-order valence-corrected chi connectivity index (χ1v) is 14.6. The summed E-state index contributed by atoms with van der Waals surface area (Å²) in [6, 6.07) is 9.29. The number of H-pyrrole nitrogens is 1. The molecule has 4 rings (SSSR count). The Hall–Kier alpha value is -2.86. The van der Waals surface area contributed by atoms with Gasteiger partial charge in [-0.15, -0.1) is 0 Å². The van der Waals surface area contributed by atoms with E-state index in [4.69, 9.17) is 9.16 Å². The number of imidazole rings is 1. The molecule has 3 N–H and O–H groups in total. The van der Waals surface area contributed by atoms with Crippen molar-refractivity contribution in [1.29, 1.82) is 0 Å². The van der Waals surface area contributed by atoms with Gasteiger partial charge >= 0.3 is 0 Å². The van der Waals surface area contributed by atoms with Crippen molar-refractivity contribution in [3.05, 3.63) is 52.6 Å². The highest BCUT2D eigenvalue weighted by Gasteiger charge is 2.41. The second-order valence-electron chi connectivity index (χ2n) is 10.5. The van der Waals surface area contributed by atoms with Crippen LogP contribution in [0.2, 0.25) is 18.1 Å². The van der Waals surface area contributed by atoms with Gasteiger partial charge in [0.2, 0.25) is 11.9 Å². The van der Waals surface area contributed by atoms with Crippen LogP contribution in [0.5, 0.6) is 0 Å². The first-order valence-electron chi connectivity index (χ1n) is 11.7. The Morgan fingerprint density at radius 1 is 1.31 bits per heavy atom. The van der Waals surface area contributed by atoms with Gasteiger partial charge in [-0.05, 0) is 23.7 Å². The van der Waals surface area contributed by atoms with Crippen molar-refractivity contribution < 1.29 is 19.1 Å². The Balaban J connectivity index is 1.49. The fourth-order valence-electron chi connectivity index (χ4n) is 3.70. The van der Waals surface area contributed by atoms with E-state index in [0.717, 1.165) is 5.56 Å². The van der Waals surface area contributed by atoms with Crippen LogP contribution in [0.3, 0.4) is 0 Å². The van der Waals surface area contributed by atoms with E-state index in [1.54, 1.807) is 4.57 Å². The van der Waals surface area contributed by atoms with Crippen LogP contribution < -0.4 is 10.9 Å². The number of carbonyl (C=O) groups excluding carboxylic acids is 1. The van der Waals surface area contributed by atoms with Gasteiger partial charge in [-0.1, -0.05) is 51.1 Å². The lowest BCUT2D eigenvalue weighted by atomic mass is 10.1. The molecule has 1 unspecified atom stereocenters. The number of aromatic nitrogens is 4. The highest BCUT2D eigenvalue weighted by atomic mass is 28.4. The predicted molar refractivity (Wildman–Crippen MR) is 135 cm³/mol. The van der Waals surface area contributed by atoms with Crippen LogP contribution in [0.4, 0.5) is 5.95 Å². The van der Waals surface area contributed by atoms with Gasteiger partial charge in [0.25, 0.3) is 5.56 Å². The van der Waals surface area contributed by atoms with Crippen LogP contribution in [-0.2, 0) is 20.4 Å². The zero-order chi connectivity index (χ0) is 25.4. The fourth-order valence-corrected chi connectivity index (χ4v) is 4.71. The van der Waals surface area contributed by atoms with Crippen molar-refractivity contribution in [2.75, 3.05) is 11.9 Å². The minimum absolute atomic E-state index is 0.0292. The normalized spacial score (nSPS) is 20.9. The lowest BCUT2D eigenvalue weighted by Gasteiger charge is -2.37. The van der Waals surface area contributed by atoms with Crippen LogP contribution >= 0.6 is 0 Å². The SMILES string of the molecule is CC(C)(C)[Si](C)(C)OC[C@H]1O[C@@H](n2cnc3c(=O)[nH]c(NC(=O)Cc4ccccc4)nc32)CC1O. The Morgan fingerprint density at radius 3 is 2.71 bits per heavy atom. The smallest absolute Gasteiger partial charge is 0.280 e. The number of hydrogen-bond donors (Lipinski definition) is 3. The molecule has 0 bridgehead atoms. The van der Waals surface area contributed by atoms with Crippen molar-refractivity contribution >= 4 is 31.3 Å². The molecule has 1 fully saturated rings. The first kappa shape index (κ1) is 25.2. The molecule has 1 aliphatic heterocycles. The number of aromatic amines is 1. The van der Waals surface area contributed by atoms with E-state index in [-0.39, 0.29) is 41.1 Å². The van der Waals surface area contributed by atoms with E-state index in [9.17, 15) is 14.7 Å². The van der Waals surface area contributed by atoms with Gasteiger partial charge in [-0.25, -0.2) is 4.98 Å². The highest BCUT2D eigenvalue weighted by molar-refractivity contribution is 6.74. The van der Waals surface area contributed by atoms with E-state index in [2.05, 4.69) is 54.1 Å². The molecular weight excluding hydrogens is 466 g/mol. The quantitative estimate of drug-likeness (QED) is 0.426. The summed E-state index contributed by atoms with van der Waals surface area (Å²) < 4.78 is 14.0. The van der Waals surface area contributed by atoms with Crippen molar-refractivity contribution in [1.82, 2.24) is 19.5 Å². The fraction of sp³-hybridized carbons (Fsp3) is 0.500. The van der Waals surface area contributed by atoms with Crippen molar-refractivity contribution in [2.45, 2.75) is 70.2 Å². The molecule has 2 aromatic heterocycles. The Labute approximate surface area is 204 Å². The molecule has 3 aromatic rings. The van der Waals surface area contributed by atoms with Crippen LogP contribution in [0.15, 0.2) is 41.5 Å². The molecule has 0 radical (unpaired) electrons. The van der Waals surface area contributed by atoms with Crippen molar-refractivity contribution in [3.63, 3.8) is 0 Å². The number of nitrogens with one attached hydrogen (secondary N) is 2. The maximum absolute atomic E-state index is 12.6. The molecule has 1 aliphatic rings. The van der Waals surface area contributed by atoms with Gasteiger partial charge in [0.1, 0.15) is 12.3 Å². The maximum atomic E-state index is 12.6. The monoisotopic (exact) mass is 499 g/mol. The number of ether oxygens (including phenoxy) is 1. The number of nitrogens with zero attached hydrogens (tertiary/aromatic N) is 3. The number of amides is 1. The minimum Gasteiger partial charge on any atom is -0.414 e. The number of carbonyl (C=O) groups is 1. The number of anilines is 1. The summed E-state index contributed by atoms with van der Waals surface area (Å²) in [6.45, 7) is 11.1. The third kappa shape index (κ3) is 5.53. The van der Waals surface area contributed by atoms with Crippen LogP contribution in [0, 0.1) is 0 Å². The predicted octanol–water partition coefficient (Wildman–Crippen LogP) is 2.97. The highest BCUT2D eigenvalue weighted by Crippen LogP contribution is 2.38. The Kier molecular flexibility index (Phi) is 6.96. The molecule has 0 aliphatic carbocycles. The van der Waals surface area contributed by atoms with Crippen molar-refractivity contribution in [2.24, 2.45) is 0 Å². The summed E-state index contributed by atoms with van der Waals surface area (Å²) in [5.74, 6) is -0.276. The van der Waals surface area contributed by atoms with Gasteiger partial charge in [0.15, 0.2) is 19.5 Å². The topological polar surface area (TPSA) is 131 Å². The standard InChI is InChI=1S/C24H33N5O5Si/c1-24(2,3)35(4,5)33-13-17-16(30)12-19(34-17)29-14-25-20-21(29)27-23(28-22(20)32)26-18(31)11-15-9-7-6-8-10-15/h6-10,14,16-17,19,30H,11-13H2,1-5H3,(H2,26,27,28,31,32)/t16?,17-,19-/m1/s1. The molecule has 10 nitrogen and oxygen atoms in total. The van der Waals surface area contributed by atoms with E-state index in [1.165, 1.54) is 6.33 Å². The van der Waals surface area contributed by atoms with E-state index >= 15 is 0 Å². The molecule has 0 saturated carbocycles. The minimum atomic E-state index is -2.00. The molecule has 0 spiro atoms. The lowest BCUT2D eigenvalue weighted by molar-refractivity contribution is -0.115. The summed E-state index contributed by atoms with van der Waals surface area (Å²) in [7, 11) is -2.00. The number of rotatable bonds is 7. The molecule has 35 heavy (non-hydrogen) atoms. The summed E-state index contributed by atoms with van der Waals surface area (Å²) in [5.41, 5.74) is 0.773. The molecule has 188 valence electrons. The Bertz CT molecular complexity index is 1250. The van der Waals surface area contributed by atoms with Gasteiger partial charge in [0.05, 0.1) is 25.5 Å². The van der Waals surface area contributed by atoms with Crippen LogP contribution in [0.1, 0.15) is 39.0 Å². The van der Waals surface area contributed by atoms with Crippen LogP contribution in [0.25, 0.3) is 11.2 Å². The molecule has 1 amide bonds. The lowest BCUT2D eigenvalue weighted by Crippen LogP contribution is -2.43. The van der Waals surface area contributed by atoms with Gasteiger partial charge in [-0.2, -0.15) is 4.98 Å². The molecule has 1 saturated heterocycles. The van der Waals surface area contributed by atoms with Gasteiger partial charge in [0, 0.05) is 6.42 Å². The first-order chi connectivity index (χ1) is 16.4. The van der Waals surface area contributed by atoms with E-state index < -0.39 is 32.3 Å².